The van der Waals surface area contributed by atoms with Gasteiger partial charge in [0.25, 0.3) is 0 Å². The molecule has 2 aliphatic rings. The number of aryl methyl sites for hydroxylation is 1. The van der Waals surface area contributed by atoms with E-state index in [1.54, 1.807) is 23.7 Å². The van der Waals surface area contributed by atoms with Crippen molar-refractivity contribution in [3.05, 3.63) is 22.8 Å². The number of anilines is 2. The molecule has 0 radical (unpaired) electrons. The number of aliphatic hydroxyl groups is 1. The molecule has 0 aromatic carbocycles. The Hall–Kier alpha value is -2.77. The molecule has 3 aromatic rings. The molecule has 35 heavy (non-hydrogen) atoms. The molecule has 2 aliphatic heterocycles. The first-order chi connectivity index (χ1) is 17.0. The van der Waals surface area contributed by atoms with Crippen LogP contribution in [0.5, 0.6) is 0 Å². The highest BCUT2D eigenvalue weighted by Crippen LogP contribution is 2.38. The maximum atomic E-state index is 10.8. The van der Waals surface area contributed by atoms with E-state index in [1.807, 2.05) is 0 Å². The summed E-state index contributed by atoms with van der Waals surface area (Å²) in [6, 6.07) is 0. The van der Waals surface area contributed by atoms with Gasteiger partial charge in [-0.15, -0.1) is 11.3 Å². The highest BCUT2D eigenvalue weighted by molar-refractivity contribution is 7.19. The number of thiophene rings is 1. The highest BCUT2D eigenvalue weighted by Gasteiger charge is 2.25. The van der Waals surface area contributed by atoms with Crippen LogP contribution in [-0.2, 0) is 16.1 Å². The van der Waals surface area contributed by atoms with Crippen LogP contribution in [0.1, 0.15) is 10.4 Å². The Morgan fingerprint density at radius 3 is 2.49 bits per heavy atom. The third kappa shape index (κ3) is 5.26. The molecule has 5 heterocycles. The number of aromatic nitrogens is 4. The Labute approximate surface area is 207 Å². The minimum atomic E-state index is -0.913. The second kappa shape index (κ2) is 10.5. The van der Waals surface area contributed by atoms with Gasteiger partial charge in [0.1, 0.15) is 12.4 Å². The van der Waals surface area contributed by atoms with Gasteiger partial charge < -0.3 is 25.3 Å². The Kier molecular flexibility index (Phi) is 7.16. The van der Waals surface area contributed by atoms with E-state index >= 15 is 0 Å². The second-order valence-corrected chi connectivity index (χ2v) is 10.0. The Morgan fingerprint density at radius 1 is 1.11 bits per heavy atom. The number of nitrogens with zero attached hydrogens (tertiary/aromatic N) is 7. The Morgan fingerprint density at radius 2 is 1.80 bits per heavy atom. The maximum Gasteiger partial charge on any atom is 0.219 e. The van der Waals surface area contributed by atoms with E-state index in [4.69, 9.17) is 20.4 Å². The van der Waals surface area contributed by atoms with E-state index in [-0.39, 0.29) is 5.95 Å². The van der Waals surface area contributed by atoms with E-state index in [0.717, 1.165) is 67.4 Å². The summed E-state index contributed by atoms with van der Waals surface area (Å²) in [5, 5.41) is 9.62. The van der Waals surface area contributed by atoms with Gasteiger partial charge in [0.2, 0.25) is 5.95 Å². The second-order valence-electron chi connectivity index (χ2n) is 8.91. The van der Waals surface area contributed by atoms with Gasteiger partial charge in [0.05, 0.1) is 29.0 Å². The highest BCUT2D eigenvalue weighted by atomic mass is 32.1. The van der Waals surface area contributed by atoms with Crippen molar-refractivity contribution in [2.24, 2.45) is 0 Å². The van der Waals surface area contributed by atoms with Gasteiger partial charge in [-0.3, -0.25) is 9.80 Å². The van der Waals surface area contributed by atoms with Gasteiger partial charge >= 0.3 is 0 Å². The fourth-order valence-corrected chi connectivity index (χ4v) is 5.79. The summed E-state index contributed by atoms with van der Waals surface area (Å²) in [6.07, 6.45) is 3.02. The number of morpholine rings is 1. The van der Waals surface area contributed by atoms with Gasteiger partial charge in [0.15, 0.2) is 11.6 Å². The SMILES string of the molecule is Cc1c(CN2CCN(C[C@@H](O)C=O)CC2)sc2c(N3CCOCC3)nc(-c3cnc(N)nc3)nc12. The number of nitrogen functional groups attached to an aromatic ring is 1. The van der Waals surface area contributed by atoms with Crippen LogP contribution in [0.25, 0.3) is 21.6 Å². The van der Waals surface area contributed by atoms with Crippen LogP contribution in [0.3, 0.4) is 0 Å². The molecule has 0 amide bonds. The number of carbonyl (C=O) groups is 1. The van der Waals surface area contributed by atoms with Crippen molar-refractivity contribution in [1.82, 2.24) is 29.7 Å². The monoisotopic (exact) mass is 498 g/mol. The third-order valence-corrected chi connectivity index (χ3v) is 7.78. The number of aliphatic hydroxyl groups excluding tert-OH is 1. The Bertz CT molecular complexity index is 1170. The van der Waals surface area contributed by atoms with E-state index in [1.165, 1.54) is 10.4 Å². The molecule has 2 fully saturated rings. The van der Waals surface area contributed by atoms with Crippen molar-refractivity contribution in [3.63, 3.8) is 0 Å². The summed E-state index contributed by atoms with van der Waals surface area (Å²) in [6.45, 7) is 9.70. The minimum Gasteiger partial charge on any atom is -0.384 e. The topological polar surface area (TPSA) is 134 Å². The van der Waals surface area contributed by atoms with E-state index in [9.17, 15) is 9.90 Å². The number of piperazine rings is 1. The van der Waals surface area contributed by atoms with Crippen molar-refractivity contribution in [3.8, 4) is 11.4 Å². The van der Waals surface area contributed by atoms with Gasteiger partial charge in [-0.25, -0.2) is 19.9 Å². The molecular weight excluding hydrogens is 468 g/mol. The molecule has 186 valence electrons. The molecular formula is C23H30N8O3S. The lowest BCUT2D eigenvalue weighted by molar-refractivity contribution is -0.115. The van der Waals surface area contributed by atoms with Gasteiger partial charge in [0, 0.05) is 69.6 Å². The summed E-state index contributed by atoms with van der Waals surface area (Å²) >= 11 is 1.76. The summed E-state index contributed by atoms with van der Waals surface area (Å²) in [7, 11) is 0. The minimum absolute atomic E-state index is 0.220. The number of nitrogens with two attached hydrogens (primary N) is 1. The van der Waals surface area contributed by atoms with Crippen molar-refractivity contribution < 1.29 is 14.6 Å². The zero-order valence-corrected chi connectivity index (χ0v) is 20.6. The average molecular weight is 499 g/mol. The fraction of sp³-hybridized carbons (Fsp3) is 0.522. The average Bonchev–Trinajstić information content (AvgIpc) is 3.20. The summed E-state index contributed by atoms with van der Waals surface area (Å²) in [5.41, 5.74) is 8.54. The number of hydrogen-bond donors (Lipinski definition) is 2. The standard InChI is InChI=1S/C23H30N8O3S/c1-15-18(13-30-4-2-29(3-5-30)12-17(33)14-32)35-20-19(15)27-21(16-10-25-23(24)26-11-16)28-22(20)31-6-8-34-9-7-31/h10-11,14,17,33H,2-9,12-13H2,1H3,(H2,24,25,26)/t17-/m1/s1. The molecule has 0 saturated carbocycles. The van der Waals surface area contributed by atoms with Gasteiger partial charge in [-0.05, 0) is 12.5 Å². The lowest BCUT2D eigenvalue weighted by Gasteiger charge is -2.34. The molecule has 11 nitrogen and oxygen atoms in total. The predicted octanol–water partition coefficient (Wildman–Crippen LogP) is 0.553. The largest absolute Gasteiger partial charge is 0.384 e. The first kappa shape index (κ1) is 23.9. The van der Waals surface area contributed by atoms with E-state index in [0.29, 0.717) is 31.9 Å². The molecule has 1 atom stereocenters. The smallest absolute Gasteiger partial charge is 0.219 e. The quantitative estimate of drug-likeness (QED) is 0.442. The molecule has 5 rings (SSSR count). The first-order valence-electron chi connectivity index (χ1n) is 11.8. The van der Waals surface area contributed by atoms with Crippen molar-refractivity contribution in [1.29, 1.82) is 0 Å². The zero-order valence-electron chi connectivity index (χ0n) is 19.8. The number of β-amino-alcohol motifs (C(OH)–C–C–N with tert-alkyl or cyclic N) is 1. The summed E-state index contributed by atoms with van der Waals surface area (Å²) < 4.78 is 6.66. The number of rotatable bonds is 7. The molecule has 3 aromatic heterocycles. The van der Waals surface area contributed by atoms with Crippen LogP contribution in [0.15, 0.2) is 12.4 Å². The van der Waals surface area contributed by atoms with Crippen LogP contribution in [0.4, 0.5) is 11.8 Å². The first-order valence-corrected chi connectivity index (χ1v) is 12.6. The van der Waals surface area contributed by atoms with Crippen LogP contribution >= 0.6 is 11.3 Å². The molecule has 0 aliphatic carbocycles. The number of aldehydes is 1. The number of fused-ring (bicyclic) bond motifs is 1. The van der Waals surface area contributed by atoms with Gasteiger partial charge in [-0.1, -0.05) is 0 Å². The van der Waals surface area contributed by atoms with E-state index < -0.39 is 6.10 Å². The van der Waals surface area contributed by atoms with Gasteiger partial charge in [-0.2, -0.15) is 0 Å². The summed E-state index contributed by atoms with van der Waals surface area (Å²) in [5.74, 6) is 1.74. The third-order valence-electron chi connectivity index (χ3n) is 6.52. The van der Waals surface area contributed by atoms with Crippen molar-refractivity contribution >= 4 is 39.6 Å². The molecule has 0 bridgehead atoms. The Balaban J connectivity index is 1.43. The number of ether oxygens (including phenoxy) is 1. The molecule has 0 spiro atoms. The number of carbonyl (C=O) groups excluding carboxylic acids is 1. The van der Waals surface area contributed by atoms with Crippen LogP contribution < -0.4 is 10.6 Å². The lowest BCUT2D eigenvalue weighted by Crippen LogP contribution is -2.48. The summed E-state index contributed by atoms with van der Waals surface area (Å²) in [4.78, 5) is 37.0. The maximum absolute atomic E-state index is 10.8. The fourth-order valence-electron chi connectivity index (χ4n) is 4.48. The van der Waals surface area contributed by atoms with Crippen LogP contribution in [0, 0.1) is 6.92 Å². The van der Waals surface area contributed by atoms with Crippen LogP contribution in [0.2, 0.25) is 0 Å². The number of hydrogen-bond acceptors (Lipinski definition) is 12. The molecule has 0 unspecified atom stereocenters. The molecule has 2 saturated heterocycles. The normalized spacial score (nSPS) is 18.7. The van der Waals surface area contributed by atoms with Crippen LogP contribution in [-0.4, -0.2) is 106 Å². The molecule has 12 heteroatoms. The van der Waals surface area contributed by atoms with E-state index in [2.05, 4.69) is 31.6 Å². The zero-order chi connectivity index (χ0) is 24.4. The van der Waals surface area contributed by atoms with Crippen molar-refractivity contribution in [2.45, 2.75) is 19.6 Å². The lowest BCUT2D eigenvalue weighted by atomic mass is 10.2. The molecule has 3 N–H and O–H groups in total. The predicted molar refractivity (Wildman–Crippen MR) is 134 cm³/mol. The van der Waals surface area contributed by atoms with Crippen molar-refractivity contribution in [2.75, 3.05) is 69.7 Å².